The van der Waals surface area contributed by atoms with Crippen molar-refractivity contribution >= 4 is 23.6 Å². The standard InChI is InChI=1S/C20H33N3O2S/c1-3-5-7-8-9-10-14-22-19(25)17-12-11-15-23-20(17)26-16-18(24)21-13-6-4-2/h11-12,15H,3-10,13-14,16H2,1-2H3,(H,21,24)(H,22,25). The van der Waals surface area contributed by atoms with Gasteiger partial charge >= 0.3 is 0 Å². The van der Waals surface area contributed by atoms with Crippen molar-refractivity contribution in [3.05, 3.63) is 23.9 Å². The third-order valence-corrected chi connectivity index (χ3v) is 5.03. The molecule has 0 spiro atoms. The van der Waals surface area contributed by atoms with Gasteiger partial charge in [-0.1, -0.05) is 64.1 Å². The molecule has 26 heavy (non-hydrogen) atoms. The van der Waals surface area contributed by atoms with Crippen molar-refractivity contribution in [1.82, 2.24) is 15.6 Å². The molecule has 0 bridgehead atoms. The van der Waals surface area contributed by atoms with Gasteiger partial charge in [-0.15, -0.1) is 0 Å². The number of nitrogens with one attached hydrogen (secondary N) is 2. The molecule has 0 aliphatic heterocycles. The Bertz CT molecular complexity index is 538. The first-order chi connectivity index (χ1) is 12.7. The minimum Gasteiger partial charge on any atom is -0.355 e. The van der Waals surface area contributed by atoms with Crippen molar-refractivity contribution in [1.29, 1.82) is 0 Å². The molecule has 0 saturated heterocycles. The third-order valence-electron chi connectivity index (χ3n) is 4.02. The van der Waals surface area contributed by atoms with Crippen LogP contribution in [0.2, 0.25) is 0 Å². The van der Waals surface area contributed by atoms with E-state index in [9.17, 15) is 9.59 Å². The number of amides is 2. The normalized spacial score (nSPS) is 10.5. The van der Waals surface area contributed by atoms with E-state index in [-0.39, 0.29) is 17.6 Å². The minimum atomic E-state index is -0.111. The predicted octanol–water partition coefficient (Wildman–Crippen LogP) is 4.18. The van der Waals surface area contributed by atoms with E-state index in [0.717, 1.165) is 25.7 Å². The Labute approximate surface area is 162 Å². The second-order valence-electron chi connectivity index (χ2n) is 6.37. The summed E-state index contributed by atoms with van der Waals surface area (Å²) in [4.78, 5) is 28.5. The average molecular weight is 380 g/mol. The molecule has 5 nitrogen and oxygen atoms in total. The summed E-state index contributed by atoms with van der Waals surface area (Å²) in [7, 11) is 0. The first kappa shape index (κ1) is 22.5. The molecule has 1 aromatic heterocycles. The number of unbranched alkanes of at least 4 members (excludes halogenated alkanes) is 6. The molecule has 0 saturated carbocycles. The number of hydrogen-bond donors (Lipinski definition) is 2. The molecule has 0 aliphatic rings. The van der Waals surface area contributed by atoms with Crippen LogP contribution in [0.4, 0.5) is 0 Å². The van der Waals surface area contributed by atoms with Gasteiger partial charge in [0, 0.05) is 19.3 Å². The highest BCUT2D eigenvalue weighted by atomic mass is 32.2. The molecule has 0 fully saturated rings. The lowest BCUT2D eigenvalue weighted by Crippen LogP contribution is -2.27. The molecule has 0 aliphatic carbocycles. The smallest absolute Gasteiger partial charge is 0.254 e. The number of thioether (sulfide) groups is 1. The molecule has 1 aromatic rings. The zero-order valence-corrected chi connectivity index (χ0v) is 17.0. The Hall–Kier alpha value is -1.56. The molecular formula is C20H33N3O2S. The number of pyridine rings is 1. The predicted molar refractivity (Wildman–Crippen MR) is 109 cm³/mol. The molecule has 2 N–H and O–H groups in total. The van der Waals surface area contributed by atoms with Crippen molar-refractivity contribution in [3.8, 4) is 0 Å². The number of hydrogen-bond acceptors (Lipinski definition) is 4. The van der Waals surface area contributed by atoms with Gasteiger partial charge in [0.1, 0.15) is 5.03 Å². The number of nitrogens with zero attached hydrogens (tertiary/aromatic N) is 1. The van der Waals surface area contributed by atoms with Gasteiger partial charge in [0.05, 0.1) is 11.3 Å². The lowest BCUT2D eigenvalue weighted by molar-refractivity contribution is -0.118. The SMILES string of the molecule is CCCCCCCCNC(=O)c1cccnc1SCC(=O)NCCCC. The lowest BCUT2D eigenvalue weighted by Gasteiger charge is -2.09. The van der Waals surface area contributed by atoms with Crippen LogP contribution in [0.3, 0.4) is 0 Å². The average Bonchev–Trinajstić information content (AvgIpc) is 2.66. The van der Waals surface area contributed by atoms with Crippen LogP contribution in [0, 0.1) is 0 Å². The maximum Gasteiger partial charge on any atom is 0.254 e. The molecule has 1 heterocycles. The van der Waals surface area contributed by atoms with E-state index in [1.165, 1.54) is 37.4 Å². The van der Waals surface area contributed by atoms with Gasteiger partial charge in [-0.25, -0.2) is 4.98 Å². The quantitative estimate of drug-likeness (QED) is 0.376. The number of aromatic nitrogens is 1. The first-order valence-corrected chi connectivity index (χ1v) is 10.8. The second kappa shape index (κ2) is 14.6. The Morgan fingerprint density at radius 2 is 1.65 bits per heavy atom. The molecule has 0 unspecified atom stereocenters. The van der Waals surface area contributed by atoms with Crippen LogP contribution >= 0.6 is 11.8 Å². The van der Waals surface area contributed by atoms with Gasteiger partial charge in [-0.2, -0.15) is 0 Å². The third kappa shape index (κ3) is 9.80. The highest BCUT2D eigenvalue weighted by Gasteiger charge is 2.13. The summed E-state index contributed by atoms with van der Waals surface area (Å²) < 4.78 is 0. The highest BCUT2D eigenvalue weighted by Crippen LogP contribution is 2.19. The maximum absolute atomic E-state index is 12.4. The van der Waals surface area contributed by atoms with E-state index in [2.05, 4.69) is 29.5 Å². The molecule has 0 radical (unpaired) electrons. The van der Waals surface area contributed by atoms with Crippen molar-refractivity contribution in [2.45, 2.75) is 70.2 Å². The summed E-state index contributed by atoms with van der Waals surface area (Å²) in [6.07, 6.45) is 10.9. The minimum absolute atomic E-state index is 0.0208. The Morgan fingerprint density at radius 3 is 2.42 bits per heavy atom. The summed E-state index contributed by atoms with van der Waals surface area (Å²) in [5.74, 6) is 0.145. The fraction of sp³-hybridized carbons (Fsp3) is 0.650. The van der Waals surface area contributed by atoms with Gasteiger partial charge in [0.15, 0.2) is 0 Å². The number of carbonyl (C=O) groups is 2. The van der Waals surface area contributed by atoms with Gasteiger partial charge in [0.25, 0.3) is 5.91 Å². The van der Waals surface area contributed by atoms with Crippen LogP contribution in [0.1, 0.15) is 75.6 Å². The largest absolute Gasteiger partial charge is 0.355 e. The van der Waals surface area contributed by atoms with E-state index in [1.807, 2.05) is 0 Å². The van der Waals surface area contributed by atoms with E-state index in [1.54, 1.807) is 18.3 Å². The van der Waals surface area contributed by atoms with Crippen LogP contribution in [0.15, 0.2) is 23.4 Å². The van der Waals surface area contributed by atoms with Crippen LogP contribution in [-0.4, -0.2) is 35.6 Å². The second-order valence-corrected chi connectivity index (χ2v) is 7.34. The first-order valence-electron chi connectivity index (χ1n) is 9.81. The summed E-state index contributed by atoms with van der Waals surface area (Å²) in [5, 5.41) is 6.45. The van der Waals surface area contributed by atoms with E-state index >= 15 is 0 Å². The van der Waals surface area contributed by atoms with Gasteiger partial charge in [0.2, 0.25) is 5.91 Å². The summed E-state index contributed by atoms with van der Waals surface area (Å²) >= 11 is 1.31. The Balaban J connectivity index is 2.37. The Morgan fingerprint density at radius 1 is 0.962 bits per heavy atom. The lowest BCUT2D eigenvalue weighted by atomic mass is 10.1. The molecule has 1 rings (SSSR count). The summed E-state index contributed by atoms with van der Waals surface area (Å²) in [6, 6.07) is 3.52. The van der Waals surface area contributed by atoms with Crippen LogP contribution in [-0.2, 0) is 4.79 Å². The molecule has 0 atom stereocenters. The van der Waals surface area contributed by atoms with Crippen LogP contribution in [0.5, 0.6) is 0 Å². The number of rotatable bonds is 14. The van der Waals surface area contributed by atoms with Gasteiger partial charge in [-0.3, -0.25) is 9.59 Å². The van der Waals surface area contributed by atoms with Crippen LogP contribution in [0.25, 0.3) is 0 Å². The van der Waals surface area contributed by atoms with E-state index in [0.29, 0.717) is 23.7 Å². The summed E-state index contributed by atoms with van der Waals surface area (Å²) in [5.41, 5.74) is 0.546. The molecular weight excluding hydrogens is 346 g/mol. The highest BCUT2D eigenvalue weighted by molar-refractivity contribution is 8.00. The zero-order chi connectivity index (χ0) is 19.0. The molecule has 0 aromatic carbocycles. The summed E-state index contributed by atoms with van der Waals surface area (Å²) in [6.45, 7) is 5.68. The topological polar surface area (TPSA) is 71.1 Å². The maximum atomic E-state index is 12.4. The van der Waals surface area contributed by atoms with E-state index in [4.69, 9.17) is 0 Å². The van der Waals surface area contributed by atoms with Crippen molar-refractivity contribution in [3.63, 3.8) is 0 Å². The Kier molecular flexibility index (Phi) is 12.6. The van der Waals surface area contributed by atoms with Crippen molar-refractivity contribution < 1.29 is 9.59 Å². The molecule has 2 amide bonds. The monoisotopic (exact) mass is 379 g/mol. The fourth-order valence-corrected chi connectivity index (χ4v) is 3.29. The van der Waals surface area contributed by atoms with E-state index < -0.39 is 0 Å². The van der Waals surface area contributed by atoms with Gasteiger partial charge < -0.3 is 10.6 Å². The van der Waals surface area contributed by atoms with Crippen molar-refractivity contribution in [2.75, 3.05) is 18.8 Å². The van der Waals surface area contributed by atoms with Crippen LogP contribution < -0.4 is 10.6 Å². The molecule has 6 heteroatoms. The molecule has 146 valence electrons. The number of carbonyl (C=O) groups excluding carboxylic acids is 2. The fourth-order valence-electron chi connectivity index (χ4n) is 2.47. The van der Waals surface area contributed by atoms with Crippen molar-refractivity contribution in [2.24, 2.45) is 0 Å². The zero-order valence-electron chi connectivity index (χ0n) is 16.2. The van der Waals surface area contributed by atoms with Gasteiger partial charge in [-0.05, 0) is 25.0 Å².